The maximum absolute atomic E-state index is 16.2. The number of nitrogens with zero attached hydrogens (tertiary/aromatic N) is 2. The van der Waals surface area contributed by atoms with Crippen molar-refractivity contribution in [2.45, 2.75) is 64.6 Å². The second-order valence-corrected chi connectivity index (χ2v) is 13.7. The molecule has 7 rings (SSSR count). The average molecular weight is 777 g/mol. The number of carbonyl (C=O) groups is 2. The molecule has 0 bridgehead atoms. The van der Waals surface area contributed by atoms with Gasteiger partial charge in [0.2, 0.25) is 5.91 Å². The molecular weight excluding hydrogens is 735 g/mol. The fraction of sp³-hybridized carbons (Fsp3) is 0.351. The minimum Gasteiger partial charge on any atom is -0.465 e. The molecule has 3 atom stereocenters. The number of hydrogen-bond donors (Lipinski definition) is 6. The van der Waals surface area contributed by atoms with Gasteiger partial charge in [-0.2, -0.15) is 8.78 Å². The van der Waals surface area contributed by atoms with E-state index in [9.17, 15) is 14.7 Å². The summed E-state index contributed by atoms with van der Waals surface area (Å²) in [7, 11) is 0. The summed E-state index contributed by atoms with van der Waals surface area (Å²) in [4.78, 5) is 40.2. The Morgan fingerprint density at radius 2 is 1.50 bits per heavy atom. The zero-order valence-electron chi connectivity index (χ0n) is 28.9. The summed E-state index contributed by atoms with van der Waals surface area (Å²) in [6.07, 6.45) is 2.48. The Balaban J connectivity index is 0.00000202. The number of carboxylic acid groups (broad SMARTS) is 1. The van der Waals surface area contributed by atoms with Crippen molar-refractivity contribution in [2.24, 2.45) is 11.8 Å². The summed E-state index contributed by atoms with van der Waals surface area (Å²) in [6.45, 7) is 8.28. The smallest absolute Gasteiger partial charge is 0.405 e. The van der Waals surface area contributed by atoms with E-state index >= 15 is 8.78 Å². The monoisotopic (exact) mass is 775 g/mol. The van der Waals surface area contributed by atoms with Crippen LogP contribution in [0.15, 0.2) is 60.8 Å². The highest BCUT2D eigenvalue weighted by molar-refractivity contribution is 5.88. The Morgan fingerprint density at radius 1 is 0.865 bits per heavy atom. The van der Waals surface area contributed by atoms with Gasteiger partial charge in [0, 0.05) is 22.9 Å². The molecule has 5 aromatic rings. The first-order chi connectivity index (χ1) is 23.4. The van der Waals surface area contributed by atoms with E-state index in [1.54, 1.807) is 44.3 Å². The van der Waals surface area contributed by atoms with Crippen LogP contribution < -0.4 is 16.0 Å². The van der Waals surface area contributed by atoms with Gasteiger partial charge in [-0.25, -0.2) is 14.8 Å². The summed E-state index contributed by atoms with van der Waals surface area (Å²) in [5, 5.41) is 17.8. The van der Waals surface area contributed by atoms with Gasteiger partial charge in [0.05, 0.1) is 28.8 Å². The number of rotatable bonds is 9. The second-order valence-electron chi connectivity index (χ2n) is 13.7. The SMILES string of the molecule is CC(C)[C@H](NC(=O)O)C(=O)N[C@H](c1nc(-c2ccc3c(c2)C(F)(F)c2cc(-c4ccc5nc([C@@H]6CCCN6)[nH]c5c4)ccc2-3)c[nH]1)C(C)C.Cl.Cl.Cl. The number of fused-ring (bicyclic) bond motifs is 4. The van der Waals surface area contributed by atoms with Crippen LogP contribution in [0.2, 0.25) is 0 Å². The van der Waals surface area contributed by atoms with Crippen molar-refractivity contribution < 1.29 is 23.5 Å². The Hall–Kier alpha value is -4.23. The van der Waals surface area contributed by atoms with Crippen molar-refractivity contribution >= 4 is 60.3 Å². The molecule has 278 valence electrons. The van der Waals surface area contributed by atoms with Gasteiger partial charge < -0.3 is 31.0 Å². The Bertz CT molecular complexity index is 2080. The van der Waals surface area contributed by atoms with Crippen LogP contribution in [0.25, 0.3) is 44.5 Å². The van der Waals surface area contributed by atoms with Crippen LogP contribution >= 0.6 is 37.2 Å². The van der Waals surface area contributed by atoms with E-state index in [-0.39, 0.29) is 66.2 Å². The first-order valence-electron chi connectivity index (χ1n) is 16.7. The number of benzene rings is 3. The number of nitrogens with one attached hydrogen (secondary N) is 5. The number of carbonyl (C=O) groups excluding carboxylic acids is 1. The fourth-order valence-corrected chi connectivity index (χ4v) is 6.96. The second kappa shape index (κ2) is 15.8. The highest BCUT2D eigenvalue weighted by Gasteiger charge is 2.45. The maximum atomic E-state index is 16.2. The average Bonchev–Trinajstić information content (AvgIpc) is 3.88. The molecule has 0 radical (unpaired) electrons. The summed E-state index contributed by atoms with van der Waals surface area (Å²) in [5.41, 5.74) is 5.03. The van der Waals surface area contributed by atoms with Crippen LogP contribution in [0, 0.1) is 11.8 Å². The van der Waals surface area contributed by atoms with Gasteiger partial charge in [0.15, 0.2) is 0 Å². The van der Waals surface area contributed by atoms with Crippen LogP contribution in [0.1, 0.15) is 75.4 Å². The van der Waals surface area contributed by atoms with Crippen molar-refractivity contribution in [2.75, 3.05) is 6.54 Å². The van der Waals surface area contributed by atoms with Crippen LogP contribution in [-0.4, -0.2) is 49.6 Å². The topological polar surface area (TPSA) is 148 Å². The number of aromatic nitrogens is 4. The molecule has 0 unspecified atom stereocenters. The molecule has 10 nitrogen and oxygen atoms in total. The summed E-state index contributed by atoms with van der Waals surface area (Å²) in [5.74, 6) is -2.74. The van der Waals surface area contributed by atoms with Crippen LogP contribution in [0.5, 0.6) is 0 Å². The van der Waals surface area contributed by atoms with Crippen molar-refractivity contribution in [3.8, 4) is 33.5 Å². The van der Waals surface area contributed by atoms with Crippen molar-refractivity contribution in [3.63, 3.8) is 0 Å². The highest BCUT2D eigenvalue weighted by Crippen LogP contribution is 2.52. The third-order valence-electron chi connectivity index (χ3n) is 9.61. The molecule has 2 aromatic heterocycles. The van der Waals surface area contributed by atoms with Gasteiger partial charge in [-0.1, -0.05) is 58.0 Å². The van der Waals surface area contributed by atoms with E-state index in [2.05, 4.69) is 30.9 Å². The molecule has 1 saturated heterocycles. The van der Waals surface area contributed by atoms with Gasteiger partial charge in [-0.3, -0.25) is 4.79 Å². The molecule has 52 heavy (non-hydrogen) atoms. The molecule has 1 fully saturated rings. The van der Waals surface area contributed by atoms with Crippen LogP contribution in [0.3, 0.4) is 0 Å². The van der Waals surface area contributed by atoms with Gasteiger partial charge >= 0.3 is 6.09 Å². The van der Waals surface area contributed by atoms with Gasteiger partial charge in [0.1, 0.15) is 17.7 Å². The molecule has 3 heterocycles. The third kappa shape index (κ3) is 7.48. The molecule has 3 aromatic carbocycles. The van der Waals surface area contributed by atoms with Crippen molar-refractivity contribution in [1.82, 2.24) is 35.9 Å². The Morgan fingerprint density at radius 3 is 2.12 bits per heavy atom. The predicted molar refractivity (Wildman–Crippen MR) is 205 cm³/mol. The molecule has 15 heteroatoms. The summed E-state index contributed by atoms with van der Waals surface area (Å²) >= 11 is 0. The van der Waals surface area contributed by atoms with Crippen LogP contribution in [0.4, 0.5) is 13.6 Å². The number of halogens is 5. The summed E-state index contributed by atoms with van der Waals surface area (Å²) in [6, 6.07) is 14.7. The normalized spacial score (nSPS) is 16.7. The highest BCUT2D eigenvalue weighted by atomic mass is 35.5. The lowest BCUT2D eigenvalue weighted by atomic mass is 9.98. The lowest BCUT2D eigenvalue weighted by Gasteiger charge is -2.25. The molecule has 2 amide bonds. The fourth-order valence-electron chi connectivity index (χ4n) is 6.96. The number of amides is 2. The lowest BCUT2D eigenvalue weighted by Crippen LogP contribution is -2.50. The predicted octanol–water partition coefficient (Wildman–Crippen LogP) is 8.54. The quantitative estimate of drug-likeness (QED) is 0.0885. The maximum Gasteiger partial charge on any atom is 0.405 e. The number of aromatic amines is 2. The number of alkyl halides is 2. The zero-order chi connectivity index (χ0) is 34.6. The molecule has 0 saturated carbocycles. The number of imidazole rings is 2. The lowest BCUT2D eigenvalue weighted by molar-refractivity contribution is -0.125. The third-order valence-corrected chi connectivity index (χ3v) is 9.61. The Kier molecular flexibility index (Phi) is 12.3. The van der Waals surface area contributed by atoms with Crippen molar-refractivity contribution in [3.05, 3.63) is 83.6 Å². The number of H-pyrrole nitrogens is 2. The van der Waals surface area contributed by atoms with Gasteiger partial charge in [-0.15, -0.1) is 37.2 Å². The van der Waals surface area contributed by atoms with Crippen LogP contribution in [-0.2, 0) is 10.7 Å². The molecule has 2 aliphatic rings. The molecule has 1 aliphatic carbocycles. The van der Waals surface area contributed by atoms with Gasteiger partial charge in [0.25, 0.3) is 5.92 Å². The van der Waals surface area contributed by atoms with Crippen molar-refractivity contribution in [1.29, 1.82) is 0 Å². The minimum atomic E-state index is -3.23. The standard InChI is InChI=1S/C37H39F2N7O3.3ClH/c1-18(2)31(45-35(47)32(19(3)4)46-36(48)49)34-41-17-30(44-34)22-8-11-24-23-10-7-20(14-25(23)37(38,39)26(24)15-22)21-9-12-27-29(16-21)43-33(42-27)28-6-5-13-40-28;;;/h7-12,14-19,28,31-32,40,46H,5-6,13H2,1-4H3,(H,41,44)(H,42,43)(H,45,47)(H,48,49);3*1H/t28-,31-,32-;;;/m0.../s1. The largest absolute Gasteiger partial charge is 0.465 e. The minimum absolute atomic E-state index is 0. The first-order valence-corrected chi connectivity index (χ1v) is 16.7. The van der Waals surface area contributed by atoms with E-state index in [0.29, 0.717) is 33.8 Å². The zero-order valence-corrected chi connectivity index (χ0v) is 31.4. The molecule has 6 N–H and O–H groups in total. The van der Waals surface area contributed by atoms with E-state index in [0.717, 1.165) is 41.8 Å². The van der Waals surface area contributed by atoms with Gasteiger partial charge in [-0.05, 0) is 77.7 Å². The molecule has 0 spiro atoms. The number of hydrogen-bond acceptors (Lipinski definition) is 5. The first kappa shape index (κ1) is 40.5. The van der Waals surface area contributed by atoms with E-state index in [4.69, 9.17) is 4.98 Å². The van der Waals surface area contributed by atoms with E-state index in [1.807, 2.05) is 38.1 Å². The van der Waals surface area contributed by atoms with E-state index < -0.39 is 30.0 Å². The Labute approximate surface area is 318 Å². The molecular formula is C37H42Cl3F2N7O3. The summed E-state index contributed by atoms with van der Waals surface area (Å²) < 4.78 is 32.4. The molecule has 1 aliphatic heterocycles. The van der Waals surface area contributed by atoms with E-state index in [1.165, 1.54) is 6.07 Å².